The highest BCUT2D eigenvalue weighted by Gasteiger charge is 2.52. The fourth-order valence-corrected chi connectivity index (χ4v) is 3.84. The number of nitriles is 1. The van der Waals surface area contributed by atoms with Crippen molar-refractivity contribution in [3.8, 4) is 6.07 Å². The SMILES string of the molecule is [C-]#[N+]C1CCC(C2CCC(C#N)C(F)C2)CC1C(F)(F)F. The van der Waals surface area contributed by atoms with E-state index in [4.69, 9.17) is 11.8 Å². The summed E-state index contributed by atoms with van der Waals surface area (Å²) in [6, 6.07) is 0.943. The van der Waals surface area contributed by atoms with Crippen molar-refractivity contribution < 1.29 is 17.6 Å². The van der Waals surface area contributed by atoms with E-state index in [1.807, 2.05) is 6.07 Å². The van der Waals surface area contributed by atoms with Crippen molar-refractivity contribution >= 4 is 0 Å². The van der Waals surface area contributed by atoms with E-state index in [0.717, 1.165) is 0 Å². The highest BCUT2D eigenvalue weighted by molar-refractivity contribution is 4.99. The second kappa shape index (κ2) is 6.22. The number of nitrogens with zero attached hydrogens (tertiary/aromatic N) is 2. The predicted octanol–water partition coefficient (Wildman–Crippen LogP) is 4.53. The van der Waals surface area contributed by atoms with Crippen molar-refractivity contribution in [3.05, 3.63) is 11.4 Å². The summed E-state index contributed by atoms with van der Waals surface area (Å²) in [5.41, 5.74) is 0. The second-order valence-corrected chi connectivity index (χ2v) is 6.24. The third-order valence-corrected chi connectivity index (χ3v) is 5.09. The van der Waals surface area contributed by atoms with E-state index in [-0.39, 0.29) is 31.1 Å². The average molecular weight is 302 g/mol. The summed E-state index contributed by atoms with van der Waals surface area (Å²) in [7, 11) is 0. The minimum Gasteiger partial charge on any atom is -0.313 e. The lowest BCUT2D eigenvalue weighted by Crippen LogP contribution is -2.41. The van der Waals surface area contributed by atoms with Gasteiger partial charge in [-0.05, 0) is 43.9 Å². The number of alkyl halides is 4. The molecule has 2 aliphatic rings. The molecule has 0 bridgehead atoms. The molecule has 0 heterocycles. The van der Waals surface area contributed by atoms with Crippen LogP contribution >= 0.6 is 0 Å². The van der Waals surface area contributed by atoms with Crippen molar-refractivity contribution in [3.63, 3.8) is 0 Å². The van der Waals surface area contributed by atoms with Crippen molar-refractivity contribution in [2.45, 2.75) is 56.9 Å². The van der Waals surface area contributed by atoms with E-state index in [1.165, 1.54) is 0 Å². The van der Waals surface area contributed by atoms with Gasteiger partial charge in [-0.3, -0.25) is 0 Å². The van der Waals surface area contributed by atoms with Crippen molar-refractivity contribution in [2.24, 2.45) is 23.7 Å². The molecule has 0 aromatic rings. The normalized spacial score (nSPS) is 41.0. The van der Waals surface area contributed by atoms with Crippen LogP contribution in [-0.2, 0) is 0 Å². The van der Waals surface area contributed by atoms with Gasteiger partial charge < -0.3 is 4.85 Å². The molecule has 21 heavy (non-hydrogen) atoms. The summed E-state index contributed by atoms with van der Waals surface area (Å²) in [5, 5.41) is 8.80. The maximum Gasteiger partial charge on any atom is 0.399 e. The molecule has 6 heteroatoms. The van der Waals surface area contributed by atoms with Gasteiger partial charge in [-0.25, -0.2) is 11.0 Å². The monoisotopic (exact) mass is 302 g/mol. The molecule has 2 aliphatic carbocycles. The molecule has 0 aliphatic heterocycles. The molecule has 6 unspecified atom stereocenters. The molecule has 0 saturated heterocycles. The molecule has 0 aromatic heterocycles. The minimum absolute atomic E-state index is 0.0643. The van der Waals surface area contributed by atoms with Gasteiger partial charge in [0.05, 0.1) is 12.0 Å². The molecule has 2 fully saturated rings. The van der Waals surface area contributed by atoms with Crippen LogP contribution in [0.3, 0.4) is 0 Å². The maximum atomic E-state index is 13.8. The predicted molar refractivity (Wildman–Crippen MR) is 68.6 cm³/mol. The van der Waals surface area contributed by atoms with Crippen molar-refractivity contribution in [2.75, 3.05) is 0 Å². The highest BCUT2D eigenvalue weighted by atomic mass is 19.4. The van der Waals surface area contributed by atoms with Gasteiger partial charge in [-0.1, -0.05) is 0 Å². The lowest BCUT2D eigenvalue weighted by molar-refractivity contribution is -0.189. The van der Waals surface area contributed by atoms with Crippen LogP contribution < -0.4 is 0 Å². The molecule has 2 saturated carbocycles. The zero-order valence-corrected chi connectivity index (χ0v) is 11.6. The van der Waals surface area contributed by atoms with Crippen LogP contribution in [0.5, 0.6) is 0 Å². The molecule has 0 spiro atoms. The van der Waals surface area contributed by atoms with Crippen LogP contribution in [0.1, 0.15) is 38.5 Å². The van der Waals surface area contributed by atoms with E-state index >= 15 is 0 Å². The lowest BCUT2D eigenvalue weighted by Gasteiger charge is -2.38. The van der Waals surface area contributed by atoms with E-state index in [0.29, 0.717) is 19.3 Å². The molecular formula is C15H18F4N2. The Morgan fingerprint density at radius 3 is 2.19 bits per heavy atom. The standard InChI is InChI=1S/C15H18F4N2/c1-21-14-5-4-9(6-12(14)15(17,18)19)10-2-3-11(8-20)13(16)7-10/h9-14H,2-7H2. The minimum atomic E-state index is -4.35. The Hall–Kier alpha value is -1.30. The lowest BCUT2D eigenvalue weighted by atomic mass is 9.67. The van der Waals surface area contributed by atoms with Crippen molar-refractivity contribution in [1.82, 2.24) is 0 Å². The van der Waals surface area contributed by atoms with E-state index < -0.39 is 30.2 Å². The summed E-state index contributed by atoms with van der Waals surface area (Å²) in [6.07, 6.45) is -3.59. The molecule has 0 aromatic carbocycles. The number of hydrogen-bond donors (Lipinski definition) is 0. The molecule has 0 radical (unpaired) electrons. The fraction of sp³-hybridized carbons (Fsp3) is 0.867. The van der Waals surface area contributed by atoms with Crippen LogP contribution in [0.15, 0.2) is 0 Å². The summed E-state index contributed by atoms with van der Waals surface area (Å²) < 4.78 is 53.0. The Morgan fingerprint density at radius 1 is 1.05 bits per heavy atom. The zero-order chi connectivity index (χ0) is 15.6. The van der Waals surface area contributed by atoms with Gasteiger partial charge in [0.15, 0.2) is 0 Å². The summed E-state index contributed by atoms with van der Waals surface area (Å²) in [5.74, 6) is -2.45. The third kappa shape index (κ3) is 3.48. The average Bonchev–Trinajstić information content (AvgIpc) is 2.45. The molecule has 2 rings (SSSR count). The van der Waals surface area contributed by atoms with Gasteiger partial charge in [0.25, 0.3) is 0 Å². The van der Waals surface area contributed by atoms with Crippen LogP contribution in [0, 0.1) is 41.6 Å². The number of hydrogen-bond acceptors (Lipinski definition) is 1. The first-order valence-corrected chi connectivity index (χ1v) is 7.33. The van der Waals surface area contributed by atoms with E-state index in [9.17, 15) is 17.6 Å². The third-order valence-electron chi connectivity index (χ3n) is 5.09. The Morgan fingerprint density at radius 2 is 1.67 bits per heavy atom. The van der Waals surface area contributed by atoms with Crippen LogP contribution in [0.4, 0.5) is 17.6 Å². The summed E-state index contributed by atoms with van der Waals surface area (Å²) in [6.45, 7) is 6.93. The van der Waals surface area contributed by atoms with Crippen LogP contribution in [0.2, 0.25) is 0 Å². The quantitative estimate of drug-likeness (QED) is 0.516. The fourth-order valence-electron chi connectivity index (χ4n) is 3.84. The second-order valence-electron chi connectivity index (χ2n) is 6.24. The summed E-state index contributed by atoms with van der Waals surface area (Å²) >= 11 is 0. The van der Waals surface area contributed by atoms with Gasteiger partial charge in [0.1, 0.15) is 12.1 Å². The van der Waals surface area contributed by atoms with E-state index in [2.05, 4.69) is 4.85 Å². The molecule has 2 nitrogen and oxygen atoms in total. The molecular weight excluding hydrogens is 284 g/mol. The smallest absolute Gasteiger partial charge is 0.313 e. The Kier molecular flexibility index (Phi) is 4.76. The first kappa shape index (κ1) is 16.1. The highest BCUT2D eigenvalue weighted by Crippen LogP contribution is 2.47. The number of halogens is 4. The van der Waals surface area contributed by atoms with Gasteiger partial charge >= 0.3 is 6.18 Å². The Bertz CT molecular complexity index is 448. The van der Waals surface area contributed by atoms with Gasteiger partial charge in [0, 0.05) is 6.42 Å². The Balaban J connectivity index is 2.03. The van der Waals surface area contributed by atoms with Crippen LogP contribution in [-0.4, -0.2) is 18.4 Å². The summed E-state index contributed by atoms with van der Waals surface area (Å²) in [4.78, 5) is 3.13. The van der Waals surface area contributed by atoms with Gasteiger partial charge in [-0.2, -0.15) is 18.4 Å². The van der Waals surface area contributed by atoms with Gasteiger partial charge in [-0.15, -0.1) is 0 Å². The zero-order valence-electron chi connectivity index (χ0n) is 11.6. The van der Waals surface area contributed by atoms with Gasteiger partial charge in [0.2, 0.25) is 6.04 Å². The van der Waals surface area contributed by atoms with Crippen LogP contribution in [0.25, 0.3) is 4.85 Å². The molecule has 0 amide bonds. The maximum absolute atomic E-state index is 13.8. The molecule has 6 atom stereocenters. The van der Waals surface area contributed by atoms with E-state index in [1.54, 1.807) is 0 Å². The number of rotatable bonds is 1. The first-order chi connectivity index (χ1) is 9.86. The topological polar surface area (TPSA) is 28.1 Å². The molecule has 116 valence electrons. The Labute approximate surface area is 121 Å². The first-order valence-electron chi connectivity index (χ1n) is 7.33. The largest absolute Gasteiger partial charge is 0.399 e. The van der Waals surface area contributed by atoms with Crippen molar-refractivity contribution in [1.29, 1.82) is 5.26 Å². The molecule has 0 N–H and O–H groups in total.